The van der Waals surface area contributed by atoms with Gasteiger partial charge in [-0.1, -0.05) is 12.1 Å². The van der Waals surface area contributed by atoms with E-state index in [1.165, 1.54) is 0 Å². The lowest BCUT2D eigenvalue weighted by atomic mass is 10.0. The van der Waals surface area contributed by atoms with E-state index in [1.807, 2.05) is 47.2 Å². The number of benzene rings is 2. The fraction of sp³-hybridized carbons (Fsp3) is 0. The van der Waals surface area contributed by atoms with Crippen LogP contribution in [0.25, 0.3) is 38.8 Å². The van der Waals surface area contributed by atoms with Gasteiger partial charge in [0.2, 0.25) is 0 Å². The Bertz CT molecular complexity index is 1450. The molecular weight excluding hydrogens is 358 g/mol. The molecule has 0 N–H and O–H groups in total. The Labute approximate surface area is 166 Å². The van der Waals surface area contributed by atoms with Gasteiger partial charge in [-0.15, -0.1) is 6.42 Å². The summed E-state index contributed by atoms with van der Waals surface area (Å²) in [6, 6.07) is 19.5. The highest BCUT2D eigenvalue weighted by atomic mass is 15.1. The minimum Gasteiger partial charge on any atom is -0.285 e. The molecule has 5 aromatic rings. The molecule has 3 heterocycles. The Balaban J connectivity index is 1.85. The number of rotatable bonds is 2. The van der Waals surface area contributed by atoms with Crippen molar-refractivity contribution in [1.29, 1.82) is 5.26 Å². The van der Waals surface area contributed by atoms with Gasteiger partial charge in [-0.2, -0.15) is 5.26 Å². The van der Waals surface area contributed by atoms with Crippen molar-refractivity contribution in [2.75, 3.05) is 0 Å². The van der Waals surface area contributed by atoms with Gasteiger partial charge in [-0.05, 0) is 53.9 Å². The van der Waals surface area contributed by atoms with Crippen LogP contribution in [-0.4, -0.2) is 19.5 Å². The minimum absolute atomic E-state index is 0.491. The molecule has 0 saturated carbocycles. The summed E-state index contributed by atoms with van der Waals surface area (Å²) >= 11 is 0. The quantitative estimate of drug-likeness (QED) is 0.429. The van der Waals surface area contributed by atoms with Crippen molar-refractivity contribution >= 4 is 21.9 Å². The molecular formula is C24H13N5. The first-order valence-corrected chi connectivity index (χ1v) is 8.97. The van der Waals surface area contributed by atoms with E-state index in [1.54, 1.807) is 24.5 Å². The predicted octanol–water partition coefficient (Wildman–Crippen LogP) is 4.49. The number of terminal acetylenes is 1. The first-order valence-electron chi connectivity index (χ1n) is 8.97. The predicted molar refractivity (Wildman–Crippen MR) is 112 cm³/mol. The van der Waals surface area contributed by atoms with Gasteiger partial charge in [0.05, 0.1) is 28.9 Å². The average molecular weight is 371 g/mol. The zero-order valence-electron chi connectivity index (χ0n) is 15.2. The normalized spacial score (nSPS) is 10.7. The third-order valence-electron chi connectivity index (χ3n) is 4.86. The van der Waals surface area contributed by atoms with Gasteiger partial charge in [-0.25, -0.2) is 4.98 Å². The lowest BCUT2D eigenvalue weighted by Crippen LogP contribution is -1.98. The van der Waals surface area contributed by atoms with Crippen LogP contribution in [0.4, 0.5) is 0 Å². The monoisotopic (exact) mass is 371 g/mol. The SMILES string of the molecule is C#Cc1nc2cnc3ccc(-c4cccnc4)cc3c2n1-c1ccc(C#N)cc1. The van der Waals surface area contributed by atoms with Crippen LogP contribution in [0.5, 0.6) is 0 Å². The first-order chi connectivity index (χ1) is 14.3. The third-order valence-corrected chi connectivity index (χ3v) is 4.86. The minimum atomic E-state index is 0.491. The maximum absolute atomic E-state index is 9.10. The van der Waals surface area contributed by atoms with Crippen molar-refractivity contribution < 1.29 is 0 Å². The van der Waals surface area contributed by atoms with Gasteiger partial charge in [-0.3, -0.25) is 14.5 Å². The number of pyridine rings is 2. The standard InChI is InChI=1S/C24H13N5/c1-2-23-28-22-15-27-21-10-7-17(18-4-3-11-26-14-18)12-20(21)24(22)29(23)19-8-5-16(13-25)6-9-19/h1,3-12,14-15H. The highest BCUT2D eigenvalue weighted by Crippen LogP contribution is 2.31. The third kappa shape index (κ3) is 2.70. The van der Waals surface area contributed by atoms with Crippen LogP contribution in [0.15, 0.2) is 73.2 Å². The number of aromatic nitrogens is 4. The zero-order valence-corrected chi connectivity index (χ0v) is 15.2. The summed E-state index contributed by atoms with van der Waals surface area (Å²) in [6.07, 6.45) is 11.1. The molecule has 0 fully saturated rings. The Kier molecular flexibility index (Phi) is 3.79. The second kappa shape index (κ2) is 6.60. The topological polar surface area (TPSA) is 67.4 Å². The molecule has 0 aliphatic heterocycles. The second-order valence-corrected chi connectivity index (χ2v) is 6.54. The molecule has 29 heavy (non-hydrogen) atoms. The summed E-state index contributed by atoms with van der Waals surface area (Å²) < 4.78 is 1.94. The molecule has 5 rings (SSSR count). The van der Waals surface area contributed by atoms with E-state index in [9.17, 15) is 0 Å². The Morgan fingerprint density at radius 3 is 2.52 bits per heavy atom. The molecule has 0 bridgehead atoms. The molecule has 0 amide bonds. The van der Waals surface area contributed by atoms with Crippen molar-refractivity contribution in [3.63, 3.8) is 0 Å². The first kappa shape index (κ1) is 16.7. The van der Waals surface area contributed by atoms with Crippen LogP contribution in [0.1, 0.15) is 11.4 Å². The van der Waals surface area contributed by atoms with Crippen molar-refractivity contribution in [3.05, 3.63) is 84.6 Å². The molecule has 5 nitrogen and oxygen atoms in total. The summed E-state index contributed by atoms with van der Waals surface area (Å²) in [6.45, 7) is 0. The Morgan fingerprint density at radius 2 is 1.79 bits per heavy atom. The van der Waals surface area contributed by atoms with Crippen molar-refractivity contribution in [2.45, 2.75) is 0 Å². The van der Waals surface area contributed by atoms with E-state index in [0.717, 1.165) is 38.8 Å². The van der Waals surface area contributed by atoms with E-state index in [4.69, 9.17) is 11.7 Å². The number of fused-ring (bicyclic) bond motifs is 3. The van der Waals surface area contributed by atoms with Crippen molar-refractivity contribution in [2.24, 2.45) is 0 Å². The molecule has 0 unspecified atom stereocenters. The van der Waals surface area contributed by atoms with Crippen molar-refractivity contribution in [3.8, 4) is 35.2 Å². The van der Waals surface area contributed by atoms with Gasteiger partial charge in [0.25, 0.3) is 0 Å². The van der Waals surface area contributed by atoms with Gasteiger partial charge in [0.1, 0.15) is 5.52 Å². The summed E-state index contributed by atoms with van der Waals surface area (Å²) in [5, 5.41) is 10.0. The summed E-state index contributed by atoms with van der Waals surface area (Å²) in [4.78, 5) is 13.4. The van der Waals surface area contributed by atoms with Crippen LogP contribution < -0.4 is 0 Å². The fourth-order valence-corrected chi connectivity index (χ4v) is 3.50. The molecule has 2 aromatic carbocycles. The number of hydrogen-bond donors (Lipinski definition) is 0. The maximum atomic E-state index is 9.10. The smallest absolute Gasteiger partial charge is 0.190 e. The Hall–Kier alpha value is -4.48. The molecule has 0 aliphatic carbocycles. The van der Waals surface area contributed by atoms with Gasteiger partial charge < -0.3 is 0 Å². The molecule has 0 spiro atoms. The van der Waals surface area contributed by atoms with Crippen LogP contribution in [0, 0.1) is 23.7 Å². The van der Waals surface area contributed by atoms with Crippen LogP contribution in [0.2, 0.25) is 0 Å². The number of nitriles is 1. The largest absolute Gasteiger partial charge is 0.285 e. The molecule has 0 saturated heterocycles. The molecule has 3 aromatic heterocycles. The van der Waals surface area contributed by atoms with E-state index in [2.05, 4.69) is 33.0 Å². The molecule has 134 valence electrons. The average Bonchev–Trinajstić information content (AvgIpc) is 3.18. The van der Waals surface area contributed by atoms with Gasteiger partial charge in [0, 0.05) is 29.0 Å². The van der Waals surface area contributed by atoms with Gasteiger partial charge in [0.15, 0.2) is 5.82 Å². The summed E-state index contributed by atoms with van der Waals surface area (Å²) in [5.41, 5.74) is 5.95. The number of nitrogens with zero attached hydrogens (tertiary/aromatic N) is 5. The van der Waals surface area contributed by atoms with Gasteiger partial charge >= 0.3 is 0 Å². The maximum Gasteiger partial charge on any atom is 0.190 e. The molecule has 5 heteroatoms. The molecule has 0 aliphatic rings. The summed E-state index contributed by atoms with van der Waals surface area (Å²) in [7, 11) is 0. The fourth-order valence-electron chi connectivity index (χ4n) is 3.50. The van der Waals surface area contributed by atoms with E-state index in [-0.39, 0.29) is 0 Å². The van der Waals surface area contributed by atoms with E-state index < -0.39 is 0 Å². The van der Waals surface area contributed by atoms with Crippen LogP contribution in [0.3, 0.4) is 0 Å². The molecule has 0 radical (unpaired) electrons. The number of hydrogen-bond acceptors (Lipinski definition) is 4. The zero-order chi connectivity index (χ0) is 19.8. The number of imidazole rings is 1. The van der Waals surface area contributed by atoms with E-state index in [0.29, 0.717) is 11.4 Å². The molecule has 0 atom stereocenters. The highest BCUT2D eigenvalue weighted by Gasteiger charge is 2.15. The Morgan fingerprint density at radius 1 is 0.931 bits per heavy atom. The summed E-state index contributed by atoms with van der Waals surface area (Å²) in [5.74, 6) is 3.16. The van der Waals surface area contributed by atoms with Crippen LogP contribution in [-0.2, 0) is 0 Å². The van der Waals surface area contributed by atoms with Crippen LogP contribution >= 0.6 is 0 Å². The lowest BCUT2D eigenvalue weighted by molar-refractivity contribution is 1.06. The van der Waals surface area contributed by atoms with Crippen molar-refractivity contribution in [1.82, 2.24) is 19.5 Å². The lowest BCUT2D eigenvalue weighted by Gasteiger charge is -2.09. The van der Waals surface area contributed by atoms with E-state index >= 15 is 0 Å². The highest BCUT2D eigenvalue weighted by molar-refractivity contribution is 6.04. The second-order valence-electron chi connectivity index (χ2n) is 6.54.